The van der Waals surface area contributed by atoms with Crippen LogP contribution in [0.25, 0.3) is 0 Å². The number of thiophene rings is 1. The number of rotatable bonds is 3. The maximum Gasteiger partial charge on any atom is 0.317 e. The minimum Gasteiger partial charge on any atom is -0.336 e. The Labute approximate surface area is 153 Å². The highest BCUT2D eigenvalue weighted by Crippen LogP contribution is 2.36. The molecule has 1 aliphatic carbocycles. The van der Waals surface area contributed by atoms with Gasteiger partial charge in [0.15, 0.2) is 0 Å². The second-order valence-corrected chi connectivity index (χ2v) is 9.46. The number of hydrogen-bond acceptors (Lipinski definition) is 4. The normalized spacial score (nSPS) is 23.9. The summed E-state index contributed by atoms with van der Waals surface area (Å²) in [7, 11) is 0. The van der Waals surface area contributed by atoms with Crippen LogP contribution in [0.5, 0.6) is 0 Å². The van der Waals surface area contributed by atoms with Crippen LogP contribution in [-0.2, 0) is 13.0 Å². The Morgan fingerprint density at radius 3 is 2.79 bits per heavy atom. The highest BCUT2D eigenvalue weighted by Gasteiger charge is 2.40. The van der Waals surface area contributed by atoms with Crippen molar-refractivity contribution in [3.8, 4) is 0 Å². The number of amides is 2. The topological polar surface area (TPSA) is 35.6 Å². The lowest BCUT2D eigenvalue weighted by atomic mass is 9.94. The van der Waals surface area contributed by atoms with E-state index in [0.29, 0.717) is 0 Å². The van der Waals surface area contributed by atoms with Crippen molar-refractivity contribution in [1.29, 1.82) is 0 Å². The van der Waals surface area contributed by atoms with Crippen LogP contribution in [-0.4, -0.2) is 59.1 Å². The molecule has 4 rings (SSSR count). The Kier molecular flexibility index (Phi) is 5.06. The molecular formula is C18H27N3OS2. The van der Waals surface area contributed by atoms with Crippen LogP contribution < -0.4 is 5.32 Å². The average molecular weight is 366 g/mol. The fourth-order valence-electron chi connectivity index (χ4n) is 4.44. The van der Waals surface area contributed by atoms with E-state index in [1.807, 2.05) is 4.90 Å². The number of hydrogen-bond donors (Lipinski definition) is 1. The van der Waals surface area contributed by atoms with Crippen LogP contribution in [0.4, 0.5) is 4.79 Å². The van der Waals surface area contributed by atoms with Gasteiger partial charge in [-0.15, -0.1) is 11.3 Å². The van der Waals surface area contributed by atoms with Gasteiger partial charge in [0.05, 0.1) is 6.54 Å². The third-order valence-electron chi connectivity index (χ3n) is 5.90. The first-order chi connectivity index (χ1) is 11.8. The largest absolute Gasteiger partial charge is 0.336 e. The lowest BCUT2D eigenvalue weighted by Gasteiger charge is -2.44. The molecule has 1 aromatic rings. The van der Waals surface area contributed by atoms with Gasteiger partial charge in [0.1, 0.15) is 0 Å². The summed E-state index contributed by atoms with van der Waals surface area (Å²) >= 11 is 3.84. The molecule has 0 radical (unpaired) electrons. The SMILES string of the molecule is O=C(NCC1(N2CCSCC2)CCCC1)N1CCc2ccsc2C1. The van der Waals surface area contributed by atoms with E-state index < -0.39 is 0 Å². The van der Waals surface area contributed by atoms with Crippen molar-refractivity contribution in [2.75, 3.05) is 37.7 Å². The van der Waals surface area contributed by atoms with Gasteiger partial charge >= 0.3 is 6.03 Å². The summed E-state index contributed by atoms with van der Waals surface area (Å²) in [5.41, 5.74) is 1.66. The molecule has 3 aliphatic rings. The number of fused-ring (bicyclic) bond motifs is 1. The van der Waals surface area contributed by atoms with Gasteiger partial charge in [0.25, 0.3) is 0 Å². The first-order valence-corrected chi connectivity index (χ1v) is 11.2. The van der Waals surface area contributed by atoms with E-state index in [1.54, 1.807) is 11.3 Å². The molecule has 2 fully saturated rings. The standard InChI is InChI=1S/C18H27N3OS2/c22-17(20-7-3-15-4-10-24-16(15)13-20)19-14-18(5-1-2-6-18)21-8-11-23-12-9-21/h4,10H,1-3,5-9,11-14H2,(H,19,22). The molecule has 2 amide bonds. The third kappa shape index (κ3) is 3.33. The van der Waals surface area contributed by atoms with E-state index in [1.165, 1.54) is 60.7 Å². The van der Waals surface area contributed by atoms with E-state index >= 15 is 0 Å². The van der Waals surface area contributed by atoms with E-state index in [0.717, 1.165) is 26.1 Å². The zero-order valence-corrected chi connectivity index (χ0v) is 15.9. The molecule has 1 N–H and O–H groups in total. The molecule has 0 atom stereocenters. The quantitative estimate of drug-likeness (QED) is 0.894. The smallest absolute Gasteiger partial charge is 0.317 e. The molecule has 1 saturated carbocycles. The highest BCUT2D eigenvalue weighted by molar-refractivity contribution is 7.99. The lowest BCUT2D eigenvalue weighted by molar-refractivity contribution is 0.101. The molecule has 2 aliphatic heterocycles. The first kappa shape index (κ1) is 16.7. The number of nitrogens with zero attached hydrogens (tertiary/aromatic N) is 2. The van der Waals surface area contributed by atoms with E-state index in [9.17, 15) is 4.79 Å². The van der Waals surface area contributed by atoms with Gasteiger partial charge in [0, 0.05) is 48.1 Å². The van der Waals surface area contributed by atoms with E-state index in [-0.39, 0.29) is 11.6 Å². The number of thioether (sulfide) groups is 1. The molecule has 4 nitrogen and oxygen atoms in total. The molecule has 0 bridgehead atoms. The number of urea groups is 1. The summed E-state index contributed by atoms with van der Waals surface area (Å²) in [4.78, 5) is 18.7. The van der Waals surface area contributed by atoms with Gasteiger partial charge < -0.3 is 10.2 Å². The van der Waals surface area contributed by atoms with Crippen LogP contribution in [0.1, 0.15) is 36.1 Å². The summed E-state index contributed by atoms with van der Waals surface area (Å²) in [6.45, 7) is 4.82. The van der Waals surface area contributed by atoms with Gasteiger partial charge in [-0.05, 0) is 36.3 Å². The second kappa shape index (κ2) is 7.26. The first-order valence-electron chi connectivity index (χ1n) is 9.18. The fourth-order valence-corrected chi connectivity index (χ4v) is 6.29. The van der Waals surface area contributed by atoms with Crippen molar-refractivity contribution in [2.24, 2.45) is 0 Å². The summed E-state index contributed by atoms with van der Waals surface area (Å²) in [5.74, 6) is 2.48. The van der Waals surface area contributed by atoms with Gasteiger partial charge in [-0.2, -0.15) is 11.8 Å². The Morgan fingerprint density at radius 1 is 1.21 bits per heavy atom. The molecule has 1 aromatic heterocycles. The minimum atomic E-state index is 0.131. The Balaban J connectivity index is 1.37. The zero-order chi connectivity index (χ0) is 16.4. The molecule has 0 unspecified atom stereocenters. The molecule has 6 heteroatoms. The Hall–Kier alpha value is -0.720. The highest BCUT2D eigenvalue weighted by atomic mass is 32.2. The maximum atomic E-state index is 12.7. The number of carbonyl (C=O) groups excluding carboxylic acids is 1. The Morgan fingerprint density at radius 2 is 2.00 bits per heavy atom. The van der Waals surface area contributed by atoms with Crippen molar-refractivity contribution in [3.05, 3.63) is 21.9 Å². The molecule has 0 aromatic carbocycles. The molecule has 3 heterocycles. The molecule has 0 spiro atoms. The van der Waals surface area contributed by atoms with Gasteiger partial charge in [-0.3, -0.25) is 4.90 Å². The predicted molar refractivity (Wildman–Crippen MR) is 102 cm³/mol. The lowest BCUT2D eigenvalue weighted by Crippen LogP contribution is -2.57. The van der Waals surface area contributed by atoms with Crippen molar-refractivity contribution in [2.45, 2.75) is 44.2 Å². The average Bonchev–Trinajstić information content (AvgIpc) is 3.30. The van der Waals surface area contributed by atoms with Crippen molar-refractivity contribution in [1.82, 2.24) is 15.1 Å². The minimum absolute atomic E-state index is 0.131. The van der Waals surface area contributed by atoms with Crippen molar-refractivity contribution in [3.63, 3.8) is 0 Å². The fraction of sp³-hybridized carbons (Fsp3) is 0.722. The second-order valence-electron chi connectivity index (χ2n) is 7.23. The van der Waals surface area contributed by atoms with Crippen molar-refractivity contribution >= 4 is 29.1 Å². The molecule has 132 valence electrons. The zero-order valence-electron chi connectivity index (χ0n) is 14.3. The summed E-state index contributed by atoms with van der Waals surface area (Å²) < 4.78 is 0. The van der Waals surface area contributed by atoms with Crippen LogP contribution >= 0.6 is 23.1 Å². The molecule has 24 heavy (non-hydrogen) atoms. The van der Waals surface area contributed by atoms with Crippen LogP contribution in [0, 0.1) is 0 Å². The third-order valence-corrected chi connectivity index (χ3v) is 7.79. The molecule has 1 saturated heterocycles. The maximum absolute atomic E-state index is 12.7. The van der Waals surface area contributed by atoms with Gasteiger partial charge in [-0.25, -0.2) is 4.79 Å². The van der Waals surface area contributed by atoms with Crippen molar-refractivity contribution < 1.29 is 4.79 Å². The summed E-state index contributed by atoms with van der Waals surface area (Å²) in [5, 5.41) is 5.45. The summed E-state index contributed by atoms with van der Waals surface area (Å²) in [6, 6.07) is 2.34. The van der Waals surface area contributed by atoms with Gasteiger partial charge in [-0.1, -0.05) is 12.8 Å². The Bertz CT molecular complexity index is 577. The molecular weight excluding hydrogens is 338 g/mol. The van der Waals surface area contributed by atoms with Gasteiger partial charge in [0.2, 0.25) is 0 Å². The predicted octanol–water partition coefficient (Wildman–Crippen LogP) is 3.18. The van der Waals surface area contributed by atoms with Crippen LogP contribution in [0.3, 0.4) is 0 Å². The van der Waals surface area contributed by atoms with E-state index in [4.69, 9.17) is 0 Å². The number of nitrogens with one attached hydrogen (secondary N) is 1. The van der Waals surface area contributed by atoms with Crippen LogP contribution in [0.15, 0.2) is 11.4 Å². The monoisotopic (exact) mass is 365 g/mol. The van der Waals surface area contributed by atoms with Crippen LogP contribution in [0.2, 0.25) is 0 Å². The summed E-state index contributed by atoms with van der Waals surface area (Å²) in [6.07, 6.45) is 6.10. The van der Waals surface area contributed by atoms with E-state index in [2.05, 4.69) is 33.4 Å². The number of carbonyl (C=O) groups is 1.